The van der Waals surface area contributed by atoms with E-state index in [9.17, 15) is 31.6 Å². The molecule has 1 fully saturated rings. The summed E-state index contributed by atoms with van der Waals surface area (Å²) in [4.78, 5) is 37.8. The highest BCUT2D eigenvalue weighted by Crippen LogP contribution is 2.24. The summed E-state index contributed by atoms with van der Waals surface area (Å²) in [6, 6.07) is 7.15. The third-order valence-corrected chi connectivity index (χ3v) is 7.12. The lowest BCUT2D eigenvalue weighted by atomic mass is 9.88. The number of piperidine rings is 1. The number of amides is 2. The Morgan fingerprint density at radius 3 is 2.24 bits per heavy atom. The SMILES string of the molecule is CC(=O)Nc1ccc(S(=O)(=O)N[C@@H](C)C(=O)N2CCC(C(=O)c3cc(F)ccc3F)CC2)cc1. The smallest absolute Gasteiger partial charge is 0.241 e. The lowest BCUT2D eigenvalue weighted by Gasteiger charge is -2.33. The number of nitrogens with one attached hydrogen (secondary N) is 2. The Morgan fingerprint density at radius 1 is 1.03 bits per heavy atom. The average Bonchev–Trinajstić information content (AvgIpc) is 2.79. The summed E-state index contributed by atoms with van der Waals surface area (Å²) in [6.07, 6.45) is 0.509. The van der Waals surface area contributed by atoms with E-state index in [1.54, 1.807) is 0 Å². The number of carbonyl (C=O) groups is 3. The quantitative estimate of drug-likeness (QED) is 0.576. The molecule has 2 aromatic carbocycles. The number of anilines is 1. The minimum Gasteiger partial charge on any atom is -0.341 e. The highest BCUT2D eigenvalue weighted by atomic mass is 32.2. The molecule has 1 saturated heterocycles. The molecule has 34 heavy (non-hydrogen) atoms. The zero-order chi connectivity index (χ0) is 25.0. The summed E-state index contributed by atoms with van der Waals surface area (Å²) in [5.74, 6) is -3.32. The van der Waals surface area contributed by atoms with Gasteiger partial charge in [0.15, 0.2) is 5.78 Å². The van der Waals surface area contributed by atoms with E-state index in [1.165, 1.54) is 43.0 Å². The molecule has 1 aliphatic rings. The second kappa shape index (κ2) is 10.4. The summed E-state index contributed by atoms with van der Waals surface area (Å²) >= 11 is 0. The molecule has 0 saturated carbocycles. The Morgan fingerprint density at radius 2 is 1.65 bits per heavy atom. The Bertz CT molecular complexity index is 1190. The van der Waals surface area contributed by atoms with Crippen LogP contribution in [0.25, 0.3) is 0 Å². The molecular formula is C23H25F2N3O5S. The molecule has 2 aromatic rings. The Labute approximate surface area is 196 Å². The number of Topliss-reactive ketones (excluding diaryl/α,β-unsaturated/α-hetero) is 1. The minimum atomic E-state index is -4.00. The maximum atomic E-state index is 13.9. The van der Waals surface area contributed by atoms with Gasteiger partial charge in [-0.3, -0.25) is 14.4 Å². The molecule has 2 N–H and O–H groups in total. The predicted molar refractivity (Wildman–Crippen MR) is 121 cm³/mol. The van der Waals surface area contributed by atoms with Crippen molar-refractivity contribution in [1.29, 1.82) is 0 Å². The number of hydrogen-bond acceptors (Lipinski definition) is 5. The second-order valence-electron chi connectivity index (χ2n) is 8.14. The summed E-state index contributed by atoms with van der Waals surface area (Å²) in [6.45, 7) is 3.12. The second-order valence-corrected chi connectivity index (χ2v) is 9.85. The van der Waals surface area contributed by atoms with Gasteiger partial charge >= 0.3 is 0 Å². The van der Waals surface area contributed by atoms with Gasteiger partial charge in [-0.1, -0.05) is 0 Å². The molecule has 182 valence electrons. The van der Waals surface area contributed by atoms with E-state index in [1.807, 2.05) is 0 Å². The van der Waals surface area contributed by atoms with Gasteiger partial charge in [0.2, 0.25) is 21.8 Å². The van der Waals surface area contributed by atoms with E-state index in [4.69, 9.17) is 0 Å². The van der Waals surface area contributed by atoms with E-state index in [2.05, 4.69) is 10.0 Å². The van der Waals surface area contributed by atoms with Gasteiger partial charge in [0, 0.05) is 31.6 Å². The summed E-state index contributed by atoms with van der Waals surface area (Å²) in [5, 5.41) is 2.53. The zero-order valence-corrected chi connectivity index (χ0v) is 19.5. The molecule has 0 radical (unpaired) electrons. The number of carbonyl (C=O) groups excluding carboxylic acids is 3. The van der Waals surface area contributed by atoms with E-state index >= 15 is 0 Å². The minimum absolute atomic E-state index is 0.0670. The van der Waals surface area contributed by atoms with Crippen LogP contribution in [0.15, 0.2) is 47.4 Å². The molecule has 1 aliphatic heterocycles. The lowest BCUT2D eigenvalue weighted by Crippen LogP contribution is -2.49. The highest BCUT2D eigenvalue weighted by Gasteiger charge is 2.32. The van der Waals surface area contributed by atoms with Crippen LogP contribution in [0.5, 0.6) is 0 Å². The Kier molecular flexibility index (Phi) is 7.78. The summed E-state index contributed by atoms with van der Waals surface area (Å²) in [5.41, 5.74) is 0.126. The predicted octanol–water partition coefficient (Wildman–Crippen LogP) is 2.71. The molecular weight excluding hydrogens is 468 g/mol. The van der Waals surface area contributed by atoms with Gasteiger partial charge in [0.25, 0.3) is 0 Å². The molecule has 0 spiro atoms. The maximum Gasteiger partial charge on any atom is 0.241 e. The van der Waals surface area contributed by atoms with Gasteiger partial charge < -0.3 is 10.2 Å². The molecule has 0 unspecified atom stereocenters. The van der Waals surface area contributed by atoms with Crippen molar-refractivity contribution in [2.75, 3.05) is 18.4 Å². The van der Waals surface area contributed by atoms with Crippen molar-refractivity contribution < 1.29 is 31.6 Å². The Hall–Kier alpha value is -3.18. The largest absolute Gasteiger partial charge is 0.341 e. The summed E-state index contributed by atoms with van der Waals surface area (Å²) < 4.78 is 55.0. The molecule has 11 heteroatoms. The third-order valence-electron chi connectivity index (χ3n) is 5.56. The number of nitrogens with zero attached hydrogens (tertiary/aromatic N) is 1. The number of benzene rings is 2. The highest BCUT2D eigenvalue weighted by molar-refractivity contribution is 7.89. The molecule has 3 rings (SSSR count). The van der Waals surface area contributed by atoms with Gasteiger partial charge in [-0.15, -0.1) is 0 Å². The normalized spacial score (nSPS) is 15.6. The van der Waals surface area contributed by atoms with Gasteiger partial charge in [0.1, 0.15) is 11.6 Å². The lowest BCUT2D eigenvalue weighted by molar-refractivity contribution is -0.133. The van der Waals surface area contributed by atoms with Gasteiger partial charge in [-0.05, 0) is 62.2 Å². The van der Waals surface area contributed by atoms with E-state index in [0.717, 1.165) is 18.2 Å². The molecule has 8 nitrogen and oxygen atoms in total. The van der Waals surface area contributed by atoms with Crippen molar-refractivity contribution >= 4 is 33.3 Å². The van der Waals surface area contributed by atoms with Crippen LogP contribution in [0.4, 0.5) is 14.5 Å². The van der Waals surface area contributed by atoms with E-state index < -0.39 is 45.3 Å². The van der Waals surface area contributed by atoms with E-state index in [0.29, 0.717) is 5.69 Å². The van der Waals surface area contributed by atoms with Crippen LogP contribution in [-0.2, 0) is 19.6 Å². The fourth-order valence-electron chi connectivity index (χ4n) is 3.81. The number of ketones is 1. The fraction of sp³-hybridized carbons (Fsp3) is 0.348. The molecule has 2 amide bonds. The Balaban J connectivity index is 1.58. The first kappa shape index (κ1) is 25.4. The monoisotopic (exact) mass is 493 g/mol. The van der Waals surface area contributed by atoms with Crippen LogP contribution in [0.2, 0.25) is 0 Å². The van der Waals surface area contributed by atoms with Crippen LogP contribution >= 0.6 is 0 Å². The van der Waals surface area contributed by atoms with Crippen LogP contribution < -0.4 is 10.0 Å². The first-order valence-corrected chi connectivity index (χ1v) is 12.1. The van der Waals surface area contributed by atoms with Gasteiger partial charge in [-0.25, -0.2) is 17.2 Å². The standard InChI is InChI=1S/C23H25F2N3O5S/c1-14(27-34(32,33)19-6-4-18(5-7-19)26-15(2)29)23(31)28-11-9-16(10-12-28)22(30)20-13-17(24)3-8-21(20)25/h3-8,13-14,16,27H,9-12H2,1-2H3,(H,26,29)/t14-/m0/s1. The summed E-state index contributed by atoms with van der Waals surface area (Å²) in [7, 11) is -4.00. The first-order chi connectivity index (χ1) is 16.0. The number of halogens is 2. The van der Waals surface area contributed by atoms with Crippen LogP contribution in [0.1, 0.15) is 37.0 Å². The third kappa shape index (κ3) is 6.03. The fourth-order valence-corrected chi connectivity index (χ4v) is 5.01. The van der Waals surface area contributed by atoms with Crippen molar-refractivity contribution in [2.24, 2.45) is 5.92 Å². The van der Waals surface area contributed by atoms with Gasteiger partial charge in [-0.2, -0.15) is 4.72 Å². The van der Waals surface area contributed by atoms with Crippen LogP contribution in [0.3, 0.4) is 0 Å². The first-order valence-electron chi connectivity index (χ1n) is 10.7. The van der Waals surface area contributed by atoms with Gasteiger partial charge in [0.05, 0.1) is 16.5 Å². The maximum absolute atomic E-state index is 13.9. The molecule has 0 bridgehead atoms. The molecule has 0 aliphatic carbocycles. The average molecular weight is 494 g/mol. The molecule has 0 aromatic heterocycles. The number of rotatable bonds is 7. The number of hydrogen-bond donors (Lipinski definition) is 2. The topological polar surface area (TPSA) is 113 Å². The molecule has 1 heterocycles. The van der Waals surface area contributed by atoms with Crippen molar-refractivity contribution in [2.45, 2.75) is 37.6 Å². The van der Waals surface area contributed by atoms with Crippen LogP contribution in [-0.4, -0.2) is 50.0 Å². The number of sulfonamides is 1. The van der Waals surface area contributed by atoms with Crippen molar-refractivity contribution in [3.8, 4) is 0 Å². The van der Waals surface area contributed by atoms with Crippen molar-refractivity contribution in [3.05, 3.63) is 59.7 Å². The zero-order valence-electron chi connectivity index (χ0n) is 18.7. The molecule has 1 atom stereocenters. The van der Waals surface area contributed by atoms with E-state index in [-0.39, 0.29) is 42.3 Å². The van der Waals surface area contributed by atoms with Crippen molar-refractivity contribution in [1.82, 2.24) is 9.62 Å². The van der Waals surface area contributed by atoms with Crippen molar-refractivity contribution in [3.63, 3.8) is 0 Å². The number of likely N-dealkylation sites (tertiary alicyclic amines) is 1. The van der Waals surface area contributed by atoms with Crippen LogP contribution in [0, 0.1) is 17.6 Å².